The van der Waals surface area contributed by atoms with E-state index in [-0.39, 0.29) is 17.9 Å². The van der Waals surface area contributed by atoms with E-state index >= 15 is 17.6 Å². The Balaban J connectivity index is 1.19. The maximum atomic E-state index is 17.1. The lowest BCUT2D eigenvalue weighted by atomic mass is 9.72. The van der Waals surface area contributed by atoms with Crippen molar-refractivity contribution < 1.29 is 26.4 Å². The minimum Gasteiger partial charge on any atom is -0.401 e. The molecule has 2 aliphatic heterocycles. The summed E-state index contributed by atoms with van der Waals surface area (Å²) in [5.41, 5.74) is 2.68. The van der Waals surface area contributed by atoms with Gasteiger partial charge in [-0.05, 0) is 69.9 Å². The smallest absolute Gasteiger partial charge is 0.271 e. The summed E-state index contributed by atoms with van der Waals surface area (Å²) in [6.45, 7) is 8.64. The second-order valence-corrected chi connectivity index (χ2v) is 22.5. The van der Waals surface area contributed by atoms with Gasteiger partial charge in [-0.2, -0.15) is 0 Å². The van der Waals surface area contributed by atoms with E-state index in [2.05, 4.69) is 36.0 Å². The third-order valence-electron chi connectivity index (χ3n) is 12.7. The number of alkyl halides is 3. The van der Waals surface area contributed by atoms with E-state index in [0.717, 1.165) is 38.5 Å². The van der Waals surface area contributed by atoms with Gasteiger partial charge in [0.05, 0.1) is 19.3 Å². The molecule has 5 aromatic carbocycles. The second kappa shape index (κ2) is 16.7. The largest absolute Gasteiger partial charge is 0.401 e. The molecule has 2 N–H and O–H groups in total. The van der Waals surface area contributed by atoms with Crippen LogP contribution in [0.25, 0.3) is 10.9 Å². The average Bonchev–Trinajstić information content (AvgIpc) is 3.57. The number of nitrogens with one attached hydrogen (secondary N) is 2. The Morgan fingerprint density at radius 2 is 1.43 bits per heavy atom. The average molecular weight is 836 g/mol. The van der Waals surface area contributed by atoms with Gasteiger partial charge in [-0.3, -0.25) is 9.71 Å². The van der Waals surface area contributed by atoms with Gasteiger partial charge in [-0.1, -0.05) is 130 Å². The molecule has 0 saturated carbocycles. The molecular weight excluding hydrogens is 782 g/mol. The Morgan fingerprint density at radius 3 is 2.05 bits per heavy atom. The highest BCUT2D eigenvalue weighted by Gasteiger charge is 2.53. The number of aromatic amines is 1. The van der Waals surface area contributed by atoms with E-state index in [9.17, 15) is 4.39 Å². The van der Waals surface area contributed by atoms with Crippen molar-refractivity contribution in [3.8, 4) is 0 Å². The lowest BCUT2D eigenvalue weighted by Gasteiger charge is -2.46. The van der Waals surface area contributed by atoms with Gasteiger partial charge >= 0.3 is 0 Å². The van der Waals surface area contributed by atoms with Crippen LogP contribution in [0.15, 0.2) is 127 Å². The summed E-state index contributed by atoms with van der Waals surface area (Å²) in [6.07, 6.45) is 0.0635. The Morgan fingerprint density at radius 1 is 0.833 bits per heavy atom. The lowest BCUT2D eigenvalue weighted by Crippen LogP contribution is -2.67. The van der Waals surface area contributed by atoms with Crippen molar-refractivity contribution in [2.24, 2.45) is 5.92 Å². The summed E-state index contributed by atoms with van der Waals surface area (Å²) in [7, 11) is -3.30. The van der Waals surface area contributed by atoms with Crippen LogP contribution in [0.1, 0.15) is 80.4 Å². The molecule has 1 aromatic heterocycles. The van der Waals surface area contributed by atoms with Crippen molar-refractivity contribution in [1.82, 2.24) is 15.2 Å². The molecule has 1 saturated heterocycles. The molecule has 10 heteroatoms. The predicted octanol–water partition coefficient (Wildman–Crippen LogP) is 10.5. The molecule has 8 rings (SSSR count). The Hall–Kier alpha value is -4.61. The van der Waals surface area contributed by atoms with Gasteiger partial charge in [0.25, 0.3) is 14.2 Å². The zero-order chi connectivity index (χ0) is 42.3. The fraction of sp³-hybridized carbons (Fsp3) is 0.360. The van der Waals surface area contributed by atoms with Crippen LogP contribution in [0.3, 0.4) is 0 Å². The molecule has 0 bridgehead atoms. The van der Waals surface area contributed by atoms with Gasteiger partial charge in [0.1, 0.15) is 11.6 Å². The first-order chi connectivity index (χ1) is 28.7. The van der Waals surface area contributed by atoms with Crippen LogP contribution in [0.2, 0.25) is 5.04 Å². The molecule has 0 amide bonds. The number of rotatable bonds is 14. The van der Waals surface area contributed by atoms with Crippen molar-refractivity contribution >= 4 is 29.6 Å². The number of hydrogen-bond donors (Lipinski definition) is 2. The van der Waals surface area contributed by atoms with Gasteiger partial charge < -0.3 is 14.3 Å². The van der Waals surface area contributed by atoms with Gasteiger partial charge in [0, 0.05) is 65.7 Å². The van der Waals surface area contributed by atoms with Crippen LogP contribution < -0.4 is 15.7 Å². The minimum atomic E-state index is -3.31. The summed E-state index contributed by atoms with van der Waals surface area (Å²) in [5.74, 6) is -5.17. The molecule has 314 valence electrons. The summed E-state index contributed by atoms with van der Waals surface area (Å²) >= 11 is 0. The number of benzene rings is 5. The Kier molecular flexibility index (Phi) is 11.7. The zero-order valence-electron chi connectivity index (χ0n) is 34.8. The number of halogens is 5. The highest BCUT2D eigenvalue weighted by Crippen LogP contribution is 2.48. The fourth-order valence-corrected chi connectivity index (χ4v) is 14.8. The fourth-order valence-electron chi connectivity index (χ4n) is 10.3. The maximum absolute atomic E-state index is 17.1. The molecule has 4 nitrogen and oxygen atoms in total. The molecule has 60 heavy (non-hydrogen) atoms. The molecule has 2 aliphatic rings. The molecular formula is C50H54F5N3OSi. The maximum Gasteiger partial charge on any atom is 0.271 e. The van der Waals surface area contributed by atoms with E-state index < -0.39 is 68.1 Å². The molecule has 0 unspecified atom stereocenters. The molecule has 0 radical (unpaired) electrons. The number of aromatic nitrogens is 1. The molecule has 0 aliphatic carbocycles. The van der Waals surface area contributed by atoms with Crippen molar-refractivity contribution in [3.05, 3.63) is 167 Å². The first-order valence-corrected chi connectivity index (χ1v) is 22.9. The highest BCUT2D eigenvalue weighted by molar-refractivity contribution is 6.99. The van der Waals surface area contributed by atoms with Crippen LogP contribution in [-0.4, -0.2) is 62.6 Å². The summed E-state index contributed by atoms with van der Waals surface area (Å²) in [5, 5.41) is 5.76. The Bertz CT molecular complexity index is 2360. The van der Waals surface area contributed by atoms with Crippen LogP contribution in [0.4, 0.5) is 22.0 Å². The van der Waals surface area contributed by atoms with E-state index in [0.29, 0.717) is 37.3 Å². The van der Waals surface area contributed by atoms with E-state index in [1.807, 2.05) is 115 Å². The van der Waals surface area contributed by atoms with Gasteiger partial charge in [0.2, 0.25) is 0 Å². The van der Waals surface area contributed by atoms with Crippen molar-refractivity contribution in [2.45, 2.75) is 75.4 Å². The van der Waals surface area contributed by atoms with E-state index in [1.165, 1.54) is 6.07 Å². The summed E-state index contributed by atoms with van der Waals surface area (Å²) in [6, 6.07) is 38.3. The van der Waals surface area contributed by atoms with Gasteiger partial charge in [-0.15, -0.1) is 0 Å². The molecule has 1 fully saturated rings. The van der Waals surface area contributed by atoms with Crippen LogP contribution in [-0.2, 0) is 10.8 Å². The summed E-state index contributed by atoms with van der Waals surface area (Å²) < 4.78 is 86.6. The zero-order valence-corrected chi connectivity index (χ0v) is 35.8. The highest BCUT2D eigenvalue weighted by atomic mass is 28.4. The number of H-pyrrole nitrogens is 1. The number of likely N-dealkylation sites (tertiary alicyclic amines) is 1. The molecule has 0 spiro atoms. The van der Waals surface area contributed by atoms with Gasteiger partial charge in [0.15, 0.2) is 0 Å². The van der Waals surface area contributed by atoms with Gasteiger partial charge in [-0.25, -0.2) is 17.6 Å². The quantitative estimate of drug-likeness (QED) is 0.0848. The molecule has 6 aromatic rings. The summed E-state index contributed by atoms with van der Waals surface area (Å²) in [4.78, 5) is 5.69. The van der Waals surface area contributed by atoms with E-state index in [1.54, 1.807) is 6.92 Å². The Labute approximate surface area is 351 Å². The van der Waals surface area contributed by atoms with Crippen LogP contribution in [0, 0.1) is 17.6 Å². The first kappa shape index (κ1) is 42.1. The SMILES string of the molecule is CC(C)(C)[Si](OCC(F)(F)C[C@@]1(C)Cc2c([nH]c3ccccc23)[C@@H](c2c(F)cc(F)cc2[C@@H](c2ccccc2)C2CN(CCCF)C2)N1)(c1ccccc1)c1ccccc1. The minimum absolute atomic E-state index is 0.00733. The number of hydrogen-bond acceptors (Lipinski definition) is 3. The van der Waals surface area contributed by atoms with Crippen molar-refractivity contribution in [2.75, 3.05) is 32.9 Å². The van der Waals surface area contributed by atoms with E-state index in [4.69, 9.17) is 4.43 Å². The standard InChI is InChI=1S/C50H54F5N3OSi/c1-48(2,3)60(37-19-10-6-11-20-37,38-21-12-7-13-22-38)59-33-50(54,55)32-49(4)29-41-39-23-14-15-24-43(39)56-46(41)47(57-49)45-40(27-36(52)28-42(45)53)44(34-17-8-5-9-18-34)35-30-58(31-35)26-16-25-51/h5-15,17-24,27-28,35,44,47,56-57H,16,25-26,29-33H2,1-4H3/t44-,47+,49+/m0/s1. The number of para-hydroxylation sites is 1. The monoisotopic (exact) mass is 835 g/mol. The van der Waals surface area contributed by atoms with Crippen LogP contribution >= 0.6 is 0 Å². The number of nitrogens with zero attached hydrogens (tertiary/aromatic N) is 1. The van der Waals surface area contributed by atoms with Crippen molar-refractivity contribution in [3.63, 3.8) is 0 Å². The lowest BCUT2D eigenvalue weighted by molar-refractivity contribution is -0.0705. The third kappa shape index (κ3) is 8.11. The first-order valence-electron chi connectivity index (χ1n) is 21.0. The predicted molar refractivity (Wildman–Crippen MR) is 234 cm³/mol. The normalized spacial score (nSPS) is 19.6. The van der Waals surface area contributed by atoms with Crippen molar-refractivity contribution in [1.29, 1.82) is 0 Å². The second-order valence-electron chi connectivity index (χ2n) is 18.2. The van der Waals surface area contributed by atoms with Crippen LogP contribution in [0.5, 0.6) is 0 Å². The number of fused-ring (bicyclic) bond motifs is 3. The molecule has 3 heterocycles. The molecule has 3 atom stereocenters. The third-order valence-corrected chi connectivity index (χ3v) is 17.7. The topological polar surface area (TPSA) is 40.3 Å².